The first kappa shape index (κ1) is 22.5. The van der Waals surface area contributed by atoms with Crippen LogP contribution >= 0.6 is 11.3 Å². The molecule has 0 aliphatic carbocycles. The molecule has 8 nitrogen and oxygen atoms in total. The number of ether oxygens (including phenoxy) is 2. The van der Waals surface area contributed by atoms with E-state index in [0.29, 0.717) is 27.6 Å². The molecule has 0 saturated heterocycles. The Morgan fingerprint density at radius 2 is 1.80 bits per heavy atom. The van der Waals surface area contributed by atoms with Crippen LogP contribution < -0.4 is 14.3 Å². The lowest BCUT2D eigenvalue weighted by atomic mass is 10.1. The predicted molar refractivity (Wildman–Crippen MR) is 131 cm³/mol. The molecule has 2 heterocycles. The van der Waals surface area contributed by atoms with Crippen LogP contribution in [-0.2, 0) is 0 Å². The molecule has 3 aromatic carbocycles. The van der Waals surface area contributed by atoms with Crippen LogP contribution in [-0.4, -0.2) is 22.6 Å². The molecule has 0 amide bonds. The molecule has 35 heavy (non-hydrogen) atoms. The highest BCUT2D eigenvalue weighted by Gasteiger charge is 2.23. The van der Waals surface area contributed by atoms with Gasteiger partial charge in [-0.2, -0.15) is 5.10 Å². The van der Waals surface area contributed by atoms with Gasteiger partial charge in [0.2, 0.25) is 11.6 Å². The number of benzene rings is 3. The number of aryl methyl sites for hydroxylation is 2. The molecule has 176 valence electrons. The van der Waals surface area contributed by atoms with Gasteiger partial charge in [-0.15, -0.1) is 11.3 Å². The van der Waals surface area contributed by atoms with Crippen LogP contribution in [0.2, 0.25) is 0 Å². The van der Waals surface area contributed by atoms with E-state index in [1.807, 2.05) is 32.0 Å². The molecule has 0 N–H and O–H groups in total. The number of para-hydroxylation sites is 1. The van der Waals surface area contributed by atoms with Crippen molar-refractivity contribution in [2.75, 3.05) is 6.79 Å². The largest absolute Gasteiger partial charge is 0.454 e. The van der Waals surface area contributed by atoms with Crippen molar-refractivity contribution in [1.82, 2.24) is 4.68 Å². The fraction of sp³-hybridized carbons (Fsp3) is 0.120. The second-order valence-corrected chi connectivity index (χ2v) is 8.65. The van der Waals surface area contributed by atoms with Crippen LogP contribution in [0.4, 0.5) is 15.8 Å². The monoisotopic (exact) mass is 490 g/mol. The average Bonchev–Trinajstić information content (AvgIpc) is 3.46. The number of fused-ring (bicyclic) bond motifs is 1. The first-order valence-corrected chi connectivity index (χ1v) is 11.5. The number of thiazole rings is 1. The van der Waals surface area contributed by atoms with E-state index < -0.39 is 10.7 Å². The lowest BCUT2D eigenvalue weighted by molar-refractivity contribution is -0.385. The van der Waals surface area contributed by atoms with Gasteiger partial charge < -0.3 is 9.47 Å². The van der Waals surface area contributed by atoms with Gasteiger partial charge in [0, 0.05) is 10.9 Å². The Balaban J connectivity index is 1.70. The average molecular weight is 491 g/mol. The Morgan fingerprint density at radius 3 is 2.51 bits per heavy atom. The van der Waals surface area contributed by atoms with Crippen molar-refractivity contribution in [2.24, 2.45) is 10.1 Å². The van der Waals surface area contributed by atoms with E-state index in [2.05, 4.69) is 5.10 Å². The summed E-state index contributed by atoms with van der Waals surface area (Å²) in [6, 6.07) is 15.0. The van der Waals surface area contributed by atoms with Crippen LogP contribution in [0.5, 0.6) is 11.5 Å². The summed E-state index contributed by atoms with van der Waals surface area (Å²) in [5, 5.41) is 18.0. The maximum absolute atomic E-state index is 14.7. The SMILES string of the molecule is Cc1cccc(C)c1N=c1scc(-c2ccccc2F)n1N=Cc1cc2c(cc1[N+](=O)[O-])OCO2. The number of nitrogens with zero attached hydrogens (tertiary/aromatic N) is 4. The van der Waals surface area contributed by atoms with Gasteiger partial charge in [0.15, 0.2) is 11.5 Å². The third-order valence-electron chi connectivity index (χ3n) is 5.51. The molecule has 0 saturated carbocycles. The highest BCUT2D eigenvalue weighted by molar-refractivity contribution is 7.07. The van der Waals surface area contributed by atoms with Gasteiger partial charge in [-0.1, -0.05) is 30.3 Å². The standard InChI is InChI=1S/C25H19FN4O4S/c1-15-6-5-7-16(2)24(15)28-25-29(21(13-35-25)18-8-3-4-9-19(18)26)27-12-17-10-22-23(34-14-33-22)11-20(17)30(31)32/h3-13H,14H2,1-2H3. The summed E-state index contributed by atoms with van der Waals surface area (Å²) in [6.45, 7) is 3.91. The van der Waals surface area contributed by atoms with Crippen LogP contribution in [0.15, 0.2) is 70.1 Å². The summed E-state index contributed by atoms with van der Waals surface area (Å²) < 4.78 is 26.8. The van der Waals surface area contributed by atoms with Gasteiger partial charge >= 0.3 is 0 Å². The number of nitro benzene ring substituents is 1. The third kappa shape index (κ3) is 4.31. The number of aromatic nitrogens is 1. The van der Waals surface area contributed by atoms with E-state index in [0.717, 1.165) is 16.8 Å². The van der Waals surface area contributed by atoms with E-state index in [1.54, 1.807) is 23.6 Å². The Morgan fingerprint density at radius 1 is 1.09 bits per heavy atom. The molecule has 0 atom stereocenters. The molecule has 10 heteroatoms. The molecule has 5 rings (SSSR count). The van der Waals surface area contributed by atoms with E-state index in [9.17, 15) is 14.5 Å². The zero-order valence-corrected chi connectivity index (χ0v) is 19.6. The van der Waals surface area contributed by atoms with Crippen LogP contribution in [0.25, 0.3) is 11.3 Å². The van der Waals surface area contributed by atoms with Crippen LogP contribution in [0.3, 0.4) is 0 Å². The molecule has 0 radical (unpaired) electrons. The minimum absolute atomic E-state index is 0.0113. The highest BCUT2D eigenvalue weighted by Crippen LogP contribution is 2.37. The summed E-state index contributed by atoms with van der Waals surface area (Å²) in [4.78, 5) is 16.5. The summed E-state index contributed by atoms with van der Waals surface area (Å²) in [5.74, 6) is 0.277. The lowest BCUT2D eigenvalue weighted by Crippen LogP contribution is -2.12. The van der Waals surface area contributed by atoms with Crippen LogP contribution in [0.1, 0.15) is 16.7 Å². The number of halogens is 1. The molecule has 4 aromatic rings. The van der Waals surface area contributed by atoms with E-state index in [1.165, 1.54) is 40.4 Å². The van der Waals surface area contributed by atoms with E-state index >= 15 is 0 Å². The molecule has 0 spiro atoms. The quantitative estimate of drug-likeness (QED) is 0.203. The number of hydrogen-bond acceptors (Lipinski definition) is 7. The molecule has 0 unspecified atom stereocenters. The topological polar surface area (TPSA) is 91.2 Å². The van der Waals surface area contributed by atoms with Crippen molar-refractivity contribution in [3.63, 3.8) is 0 Å². The summed E-state index contributed by atoms with van der Waals surface area (Å²) in [5.41, 5.74) is 3.58. The fourth-order valence-electron chi connectivity index (χ4n) is 3.75. The Labute approximate surface area is 203 Å². The highest BCUT2D eigenvalue weighted by atomic mass is 32.1. The summed E-state index contributed by atoms with van der Waals surface area (Å²) in [7, 11) is 0. The molecule has 1 aromatic heterocycles. The maximum atomic E-state index is 14.7. The summed E-state index contributed by atoms with van der Waals surface area (Å²) in [6.07, 6.45) is 1.35. The zero-order valence-electron chi connectivity index (χ0n) is 18.8. The van der Waals surface area contributed by atoms with Gasteiger partial charge in [-0.25, -0.2) is 14.1 Å². The molecule has 1 aliphatic heterocycles. The number of hydrogen-bond donors (Lipinski definition) is 0. The molecule has 1 aliphatic rings. The van der Waals surface area contributed by atoms with Crippen molar-refractivity contribution >= 4 is 28.9 Å². The lowest BCUT2D eigenvalue weighted by Gasteiger charge is -2.06. The molecular formula is C25H19FN4O4S. The Hall–Kier alpha value is -4.31. The van der Waals surface area contributed by atoms with Gasteiger partial charge in [0.25, 0.3) is 5.69 Å². The first-order valence-electron chi connectivity index (χ1n) is 10.6. The van der Waals surface area contributed by atoms with Crippen LogP contribution in [0, 0.1) is 29.8 Å². The van der Waals surface area contributed by atoms with Crippen molar-refractivity contribution in [1.29, 1.82) is 0 Å². The predicted octanol–water partition coefficient (Wildman–Crippen LogP) is 5.72. The van der Waals surface area contributed by atoms with E-state index in [-0.39, 0.29) is 18.0 Å². The third-order valence-corrected chi connectivity index (χ3v) is 6.33. The van der Waals surface area contributed by atoms with Gasteiger partial charge in [0.1, 0.15) is 5.82 Å². The minimum atomic E-state index is -0.513. The Bertz CT molecular complexity index is 1540. The molecular weight excluding hydrogens is 471 g/mol. The van der Waals surface area contributed by atoms with Gasteiger partial charge in [-0.3, -0.25) is 10.1 Å². The molecule has 0 fully saturated rings. The first-order chi connectivity index (χ1) is 16.9. The van der Waals surface area contributed by atoms with Crippen molar-refractivity contribution in [3.05, 3.63) is 97.4 Å². The fourth-order valence-corrected chi connectivity index (χ4v) is 4.58. The minimum Gasteiger partial charge on any atom is -0.454 e. The zero-order chi connectivity index (χ0) is 24.5. The van der Waals surface area contributed by atoms with Crippen molar-refractivity contribution in [2.45, 2.75) is 13.8 Å². The number of nitro groups is 1. The Kier molecular flexibility index (Phi) is 5.87. The second-order valence-electron chi connectivity index (χ2n) is 7.81. The number of rotatable bonds is 5. The van der Waals surface area contributed by atoms with Crippen molar-refractivity contribution in [3.8, 4) is 22.8 Å². The maximum Gasteiger partial charge on any atom is 0.282 e. The summed E-state index contributed by atoms with van der Waals surface area (Å²) >= 11 is 1.30. The van der Waals surface area contributed by atoms with Crippen molar-refractivity contribution < 1.29 is 18.8 Å². The van der Waals surface area contributed by atoms with E-state index in [4.69, 9.17) is 14.5 Å². The molecule has 0 bridgehead atoms. The van der Waals surface area contributed by atoms with Gasteiger partial charge in [0.05, 0.1) is 34.1 Å². The second kappa shape index (κ2) is 9.15. The normalized spacial score (nSPS) is 13.1. The smallest absolute Gasteiger partial charge is 0.282 e. The van der Waals surface area contributed by atoms with Gasteiger partial charge in [-0.05, 0) is 43.2 Å².